The van der Waals surface area contributed by atoms with E-state index in [1.807, 2.05) is 59.2 Å². The number of amides is 1. The van der Waals surface area contributed by atoms with E-state index in [4.69, 9.17) is 0 Å². The van der Waals surface area contributed by atoms with Gasteiger partial charge in [-0.2, -0.15) is 5.10 Å². The van der Waals surface area contributed by atoms with Crippen LogP contribution in [-0.4, -0.2) is 40.2 Å². The Balaban J connectivity index is 1.66. The molecule has 0 bridgehead atoms. The summed E-state index contributed by atoms with van der Waals surface area (Å²) in [5.74, 6) is 0.192. The van der Waals surface area contributed by atoms with Crippen molar-refractivity contribution in [1.82, 2.24) is 20.0 Å². The number of rotatable bonds is 6. The monoisotopic (exact) mass is 326 g/mol. The standard InChI is InChI=1S/C19H26N4O/c1-16-14-21-23(15-16)13-10-20-18(17-8-4-2-5-9-17)19(24)22-11-6-3-7-12-22/h2,4-5,8-9,14-15,18,20H,3,6-7,10-13H2,1H3. The van der Waals surface area contributed by atoms with Gasteiger partial charge in [0.15, 0.2) is 0 Å². The molecule has 5 nitrogen and oxygen atoms in total. The van der Waals surface area contributed by atoms with Crippen molar-refractivity contribution in [2.75, 3.05) is 19.6 Å². The second kappa shape index (κ2) is 8.11. The van der Waals surface area contributed by atoms with Crippen LogP contribution in [0.1, 0.15) is 36.4 Å². The highest BCUT2D eigenvalue weighted by molar-refractivity contribution is 5.83. The fourth-order valence-electron chi connectivity index (χ4n) is 3.20. The molecule has 1 atom stereocenters. The Labute approximate surface area is 143 Å². The summed E-state index contributed by atoms with van der Waals surface area (Å²) < 4.78 is 1.91. The van der Waals surface area contributed by atoms with Gasteiger partial charge in [-0.05, 0) is 37.3 Å². The van der Waals surface area contributed by atoms with Crippen molar-refractivity contribution < 1.29 is 4.79 Å². The third-order valence-electron chi connectivity index (χ3n) is 4.50. The number of benzene rings is 1. The molecule has 1 unspecified atom stereocenters. The molecule has 1 aromatic heterocycles. The normalized spacial score (nSPS) is 16.1. The Morgan fingerprint density at radius 3 is 2.62 bits per heavy atom. The van der Waals surface area contributed by atoms with E-state index in [1.54, 1.807) is 0 Å². The van der Waals surface area contributed by atoms with Crippen LogP contribution in [0.5, 0.6) is 0 Å². The molecule has 1 aliphatic rings. The Kier molecular flexibility index (Phi) is 5.64. The molecule has 0 spiro atoms. The first-order valence-electron chi connectivity index (χ1n) is 8.80. The number of hydrogen-bond acceptors (Lipinski definition) is 3. The van der Waals surface area contributed by atoms with Crippen molar-refractivity contribution in [3.8, 4) is 0 Å². The molecular weight excluding hydrogens is 300 g/mol. The van der Waals surface area contributed by atoms with Gasteiger partial charge in [-0.15, -0.1) is 0 Å². The van der Waals surface area contributed by atoms with Gasteiger partial charge in [0.1, 0.15) is 6.04 Å². The molecule has 1 fully saturated rings. The van der Waals surface area contributed by atoms with E-state index in [0.29, 0.717) is 6.54 Å². The quantitative estimate of drug-likeness (QED) is 0.887. The first-order chi connectivity index (χ1) is 11.7. The summed E-state index contributed by atoms with van der Waals surface area (Å²) in [6.07, 6.45) is 7.32. The highest BCUT2D eigenvalue weighted by Gasteiger charge is 2.26. The van der Waals surface area contributed by atoms with Crippen LogP contribution >= 0.6 is 0 Å². The Morgan fingerprint density at radius 2 is 1.96 bits per heavy atom. The second-order valence-electron chi connectivity index (χ2n) is 6.46. The lowest BCUT2D eigenvalue weighted by Gasteiger charge is -2.31. The van der Waals surface area contributed by atoms with Crippen molar-refractivity contribution in [3.05, 3.63) is 53.9 Å². The van der Waals surface area contributed by atoms with E-state index in [1.165, 1.54) is 6.42 Å². The minimum atomic E-state index is -0.277. The van der Waals surface area contributed by atoms with Crippen LogP contribution in [0.4, 0.5) is 0 Å². The fraction of sp³-hybridized carbons (Fsp3) is 0.474. The van der Waals surface area contributed by atoms with Gasteiger partial charge in [0.05, 0.1) is 12.7 Å². The molecule has 24 heavy (non-hydrogen) atoms. The van der Waals surface area contributed by atoms with Gasteiger partial charge in [0.25, 0.3) is 0 Å². The van der Waals surface area contributed by atoms with E-state index in [-0.39, 0.29) is 11.9 Å². The third kappa shape index (κ3) is 4.23. The van der Waals surface area contributed by atoms with Gasteiger partial charge < -0.3 is 10.2 Å². The summed E-state index contributed by atoms with van der Waals surface area (Å²) in [7, 11) is 0. The zero-order chi connectivity index (χ0) is 16.8. The molecule has 1 N–H and O–H groups in total. The number of carbonyl (C=O) groups excluding carboxylic acids is 1. The third-order valence-corrected chi connectivity index (χ3v) is 4.50. The van der Waals surface area contributed by atoms with E-state index < -0.39 is 0 Å². The predicted molar refractivity (Wildman–Crippen MR) is 94.6 cm³/mol. The number of nitrogens with zero attached hydrogens (tertiary/aromatic N) is 3. The first kappa shape index (κ1) is 16.7. The molecule has 1 aromatic carbocycles. The molecule has 0 radical (unpaired) electrons. The first-order valence-corrected chi connectivity index (χ1v) is 8.80. The van der Waals surface area contributed by atoms with E-state index in [2.05, 4.69) is 10.4 Å². The molecule has 1 amide bonds. The van der Waals surface area contributed by atoms with Crippen molar-refractivity contribution in [1.29, 1.82) is 0 Å². The van der Waals surface area contributed by atoms with Gasteiger partial charge in [-0.1, -0.05) is 30.3 Å². The Morgan fingerprint density at radius 1 is 1.21 bits per heavy atom. The van der Waals surface area contributed by atoms with Gasteiger partial charge in [-0.25, -0.2) is 0 Å². The number of likely N-dealkylation sites (tertiary alicyclic amines) is 1. The molecule has 3 rings (SSSR count). The van der Waals surface area contributed by atoms with Crippen LogP contribution in [0.3, 0.4) is 0 Å². The van der Waals surface area contributed by atoms with Crippen LogP contribution in [0.25, 0.3) is 0 Å². The lowest BCUT2D eigenvalue weighted by molar-refractivity contribution is -0.134. The van der Waals surface area contributed by atoms with Gasteiger partial charge in [0.2, 0.25) is 5.91 Å². The minimum Gasteiger partial charge on any atom is -0.341 e. The molecule has 0 saturated carbocycles. The van der Waals surface area contributed by atoms with E-state index in [9.17, 15) is 4.79 Å². The van der Waals surface area contributed by atoms with Crippen molar-refractivity contribution in [2.24, 2.45) is 0 Å². The Hall–Kier alpha value is -2.14. The van der Waals surface area contributed by atoms with Crippen molar-refractivity contribution in [2.45, 2.75) is 38.8 Å². The van der Waals surface area contributed by atoms with E-state index >= 15 is 0 Å². The maximum Gasteiger partial charge on any atom is 0.244 e. The SMILES string of the molecule is Cc1cnn(CCNC(C(=O)N2CCCCC2)c2ccccc2)c1. The summed E-state index contributed by atoms with van der Waals surface area (Å²) in [5, 5.41) is 7.74. The van der Waals surface area contributed by atoms with E-state index in [0.717, 1.165) is 43.6 Å². The Bertz CT molecular complexity index is 646. The van der Waals surface area contributed by atoms with Crippen LogP contribution < -0.4 is 5.32 Å². The van der Waals surface area contributed by atoms with Crippen LogP contribution in [-0.2, 0) is 11.3 Å². The number of nitrogens with one attached hydrogen (secondary N) is 1. The zero-order valence-electron chi connectivity index (χ0n) is 14.3. The highest BCUT2D eigenvalue weighted by Crippen LogP contribution is 2.19. The summed E-state index contributed by atoms with van der Waals surface area (Å²) in [6, 6.07) is 9.74. The van der Waals surface area contributed by atoms with Gasteiger partial charge >= 0.3 is 0 Å². The number of aromatic nitrogens is 2. The molecule has 1 saturated heterocycles. The lowest BCUT2D eigenvalue weighted by Crippen LogP contribution is -2.44. The predicted octanol–water partition coefficient (Wildman–Crippen LogP) is 2.53. The van der Waals surface area contributed by atoms with Crippen LogP contribution in [0.2, 0.25) is 0 Å². The molecule has 2 aromatic rings. The average Bonchev–Trinajstić information content (AvgIpc) is 3.05. The number of carbonyl (C=O) groups is 1. The summed E-state index contributed by atoms with van der Waals surface area (Å²) in [4.78, 5) is 15.0. The molecule has 5 heteroatoms. The van der Waals surface area contributed by atoms with Crippen molar-refractivity contribution >= 4 is 5.91 Å². The maximum atomic E-state index is 13.0. The van der Waals surface area contributed by atoms with Gasteiger partial charge in [-0.3, -0.25) is 9.48 Å². The maximum absolute atomic E-state index is 13.0. The zero-order valence-corrected chi connectivity index (χ0v) is 14.3. The number of hydrogen-bond donors (Lipinski definition) is 1. The largest absolute Gasteiger partial charge is 0.341 e. The molecule has 128 valence electrons. The van der Waals surface area contributed by atoms with Crippen molar-refractivity contribution in [3.63, 3.8) is 0 Å². The topological polar surface area (TPSA) is 50.2 Å². The molecule has 0 aliphatic carbocycles. The molecule has 1 aliphatic heterocycles. The van der Waals surface area contributed by atoms with Crippen LogP contribution in [0.15, 0.2) is 42.7 Å². The average molecular weight is 326 g/mol. The minimum absolute atomic E-state index is 0.192. The fourth-order valence-corrected chi connectivity index (χ4v) is 3.20. The smallest absolute Gasteiger partial charge is 0.244 e. The summed E-state index contributed by atoms with van der Waals surface area (Å²) >= 11 is 0. The highest BCUT2D eigenvalue weighted by atomic mass is 16.2. The molecular formula is C19H26N4O. The second-order valence-corrected chi connectivity index (χ2v) is 6.46. The van der Waals surface area contributed by atoms with Gasteiger partial charge in [0, 0.05) is 25.8 Å². The summed E-state index contributed by atoms with van der Waals surface area (Å²) in [5.41, 5.74) is 2.18. The number of piperidine rings is 1. The lowest BCUT2D eigenvalue weighted by atomic mass is 10.0. The number of aryl methyl sites for hydroxylation is 1. The van der Waals surface area contributed by atoms with Crippen LogP contribution in [0, 0.1) is 6.92 Å². The summed E-state index contributed by atoms with van der Waals surface area (Å²) in [6.45, 7) is 5.25. The molecule has 2 heterocycles.